The molecule has 1 aromatic carbocycles. The number of para-hydroxylation sites is 1. The summed E-state index contributed by atoms with van der Waals surface area (Å²) in [5.41, 5.74) is 1.20. The van der Waals surface area contributed by atoms with E-state index in [1.807, 2.05) is 18.2 Å². The Bertz CT molecular complexity index is 324. The standard InChI is InChI=1S/C14H23NO2/c1-4-13(10-16)15-11(2)9-12-7-5-6-8-14(12)17-3/h5-8,11,13,15-16H,4,9-10H2,1-3H3/t11?,13-/m0/s1. The normalized spacial score (nSPS) is 14.4. The fourth-order valence-electron chi connectivity index (χ4n) is 1.96. The van der Waals surface area contributed by atoms with E-state index in [4.69, 9.17) is 9.84 Å². The second-order valence-corrected chi connectivity index (χ2v) is 4.37. The Morgan fingerprint density at radius 2 is 2.06 bits per heavy atom. The van der Waals surface area contributed by atoms with Crippen LogP contribution in [0.15, 0.2) is 24.3 Å². The molecule has 2 N–H and O–H groups in total. The quantitative estimate of drug-likeness (QED) is 0.762. The maximum atomic E-state index is 9.15. The topological polar surface area (TPSA) is 41.5 Å². The van der Waals surface area contributed by atoms with Crippen LogP contribution in [0.5, 0.6) is 5.75 Å². The molecule has 0 aliphatic carbocycles. The molecule has 1 unspecified atom stereocenters. The van der Waals surface area contributed by atoms with Gasteiger partial charge in [0.1, 0.15) is 5.75 Å². The molecule has 0 radical (unpaired) electrons. The van der Waals surface area contributed by atoms with Gasteiger partial charge in [-0.2, -0.15) is 0 Å². The summed E-state index contributed by atoms with van der Waals surface area (Å²) < 4.78 is 5.33. The Hall–Kier alpha value is -1.06. The molecule has 0 aliphatic heterocycles. The van der Waals surface area contributed by atoms with E-state index in [9.17, 15) is 0 Å². The molecule has 96 valence electrons. The predicted molar refractivity (Wildman–Crippen MR) is 70.5 cm³/mol. The summed E-state index contributed by atoms with van der Waals surface area (Å²) >= 11 is 0. The average Bonchev–Trinajstić information content (AvgIpc) is 2.36. The number of aliphatic hydroxyl groups excluding tert-OH is 1. The number of benzene rings is 1. The van der Waals surface area contributed by atoms with Crippen molar-refractivity contribution in [2.24, 2.45) is 0 Å². The molecule has 1 aromatic rings. The number of methoxy groups -OCH3 is 1. The summed E-state index contributed by atoms with van der Waals surface area (Å²) in [7, 11) is 1.69. The second kappa shape index (κ2) is 7.30. The van der Waals surface area contributed by atoms with Crippen LogP contribution in [0, 0.1) is 0 Å². The van der Waals surface area contributed by atoms with Crippen LogP contribution in [0.4, 0.5) is 0 Å². The summed E-state index contributed by atoms with van der Waals surface area (Å²) in [5.74, 6) is 0.929. The number of hydrogen-bond donors (Lipinski definition) is 2. The zero-order valence-electron chi connectivity index (χ0n) is 10.9. The second-order valence-electron chi connectivity index (χ2n) is 4.37. The average molecular weight is 237 g/mol. The fourth-order valence-corrected chi connectivity index (χ4v) is 1.96. The first kappa shape index (κ1) is 14.0. The van der Waals surface area contributed by atoms with Gasteiger partial charge in [-0.05, 0) is 31.4 Å². The van der Waals surface area contributed by atoms with Crippen molar-refractivity contribution in [1.82, 2.24) is 5.32 Å². The first-order chi connectivity index (χ1) is 8.21. The Kier molecular flexibility index (Phi) is 6.01. The van der Waals surface area contributed by atoms with E-state index in [2.05, 4.69) is 25.2 Å². The minimum atomic E-state index is 0.180. The first-order valence-electron chi connectivity index (χ1n) is 6.20. The summed E-state index contributed by atoms with van der Waals surface area (Å²) in [6.45, 7) is 4.39. The van der Waals surface area contributed by atoms with Crippen molar-refractivity contribution in [3.05, 3.63) is 29.8 Å². The molecule has 0 aliphatic rings. The van der Waals surface area contributed by atoms with Gasteiger partial charge in [0.2, 0.25) is 0 Å². The van der Waals surface area contributed by atoms with Gasteiger partial charge in [0.25, 0.3) is 0 Å². The molecule has 0 spiro atoms. The molecule has 17 heavy (non-hydrogen) atoms. The van der Waals surface area contributed by atoms with Gasteiger partial charge >= 0.3 is 0 Å². The maximum absolute atomic E-state index is 9.15. The highest BCUT2D eigenvalue weighted by Gasteiger charge is 2.11. The van der Waals surface area contributed by atoms with Crippen LogP contribution in [0.3, 0.4) is 0 Å². The Balaban J connectivity index is 2.58. The smallest absolute Gasteiger partial charge is 0.122 e. The lowest BCUT2D eigenvalue weighted by atomic mass is 10.0. The van der Waals surface area contributed by atoms with E-state index in [-0.39, 0.29) is 12.6 Å². The van der Waals surface area contributed by atoms with Crippen molar-refractivity contribution in [3.8, 4) is 5.75 Å². The summed E-state index contributed by atoms with van der Waals surface area (Å²) in [6, 6.07) is 8.56. The highest BCUT2D eigenvalue weighted by molar-refractivity contribution is 5.33. The fraction of sp³-hybridized carbons (Fsp3) is 0.571. The molecular formula is C14H23NO2. The van der Waals surface area contributed by atoms with Crippen molar-refractivity contribution in [1.29, 1.82) is 0 Å². The molecule has 1 rings (SSSR count). The SMILES string of the molecule is CC[C@@H](CO)NC(C)Cc1ccccc1OC. The van der Waals surface area contributed by atoms with Crippen molar-refractivity contribution in [2.45, 2.75) is 38.8 Å². The third kappa shape index (κ3) is 4.36. The molecule has 3 nitrogen and oxygen atoms in total. The molecule has 3 heteroatoms. The molecule has 0 aromatic heterocycles. The van der Waals surface area contributed by atoms with Crippen LogP contribution in [-0.4, -0.2) is 30.9 Å². The Morgan fingerprint density at radius 1 is 1.35 bits per heavy atom. The van der Waals surface area contributed by atoms with Crippen LogP contribution in [0.1, 0.15) is 25.8 Å². The van der Waals surface area contributed by atoms with Gasteiger partial charge < -0.3 is 15.2 Å². The summed E-state index contributed by atoms with van der Waals surface area (Å²) in [5, 5.41) is 12.6. The van der Waals surface area contributed by atoms with Crippen LogP contribution >= 0.6 is 0 Å². The van der Waals surface area contributed by atoms with Gasteiger partial charge in [-0.15, -0.1) is 0 Å². The Morgan fingerprint density at radius 3 is 2.65 bits per heavy atom. The number of ether oxygens (including phenoxy) is 1. The highest BCUT2D eigenvalue weighted by atomic mass is 16.5. The first-order valence-corrected chi connectivity index (χ1v) is 6.20. The monoisotopic (exact) mass is 237 g/mol. The van der Waals surface area contributed by atoms with Gasteiger partial charge in [-0.1, -0.05) is 25.1 Å². The minimum absolute atomic E-state index is 0.180. The number of rotatable bonds is 7. The van der Waals surface area contributed by atoms with Crippen LogP contribution in [0.2, 0.25) is 0 Å². The molecule has 0 amide bonds. The van der Waals surface area contributed by atoms with Crippen molar-refractivity contribution in [2.75, 3.05) is 13.7 Å². The van der Waals surface area contributed by atoms with E-state index in [1.54, 1.807) is 7.11 Å². The highest BCUT2D eigenvalue weighted by Crippen LogP contribution is 2.18. The van der Waals surface area contributed by atoms with Crippen molar-refractivity contribution >= 4 is 0 Å². The zero-order chi connectivity index (χ0) is 12.7. The largest absolute Gasteiger partial charge is 0.496 e. The number of aliphatic hydroxyl groups is 1. The predicted octanol–water partition coefficient (Wildman–Crippen LogP) is 1.99. The van der Waals surface area contributed by atoms with Crippen LogP contribution < -0.4 is 10.1 Å². The third-order valence-corrected chi connectivity index (χ3v) is 2.95. The van der Waals surface area contributed by atoms with E-state index in [0.717, 1.165) is 18.6 Å². The van der Waals surface area contributed by atoms with Crippen LogP contribution in [-0.2, 0) is 6.42 Å². The molecule has 0 heterocycles. The van der Waals surface area contributed by atoms with Gasteiger partial charge in [-0.25, -0.2) is 0 Å². The Labute approximate surface area is 104 Å². The zero-order valence-corrected chi connectivity index (χ0v) is 10.9. The lowest BCUT2D eigenvalue weighted by molar-refractivity contribution is 0.229. The molecule has 0 saturated heterocycles. The molecule has 2 atom stereocenters. The van der Waals surface area contributed by atoms with Gasteiger partial charge in [0.15, 0.2) is 0 Å². The minimum Gasteiger partial charge on any atom is -0.496 e. The number of hydrogen-bond acceptors (Lipinski definition) is 3. The van der Waals surface area contributed by atoms with Crippen molar-refractivity contribution < 1.29 is 9.84 Å². The van der Waals surface area contributed by atoms with Crippen molar-refractivity contribution in [3.63, 3.8) is 0 Å². The lowest BCUT2D eigenvalue weighted by Crippen LogP contribution is -2.39. The van der Waals surface area contributed by atoms with Crippen LogP contribution in [0.25, 0.3) is 0 Å². The molecular weight excluding hydrogens is 214 g/mol. The van der Waals surface area contributed by atoms with E-state index in [1.165, 1.54) is 5.56 Å². The van der Waals surface area contributed by atoms with Gasteiger partial charge in [-0.3, -0.25) is 0 Å². The summed E-state index contributed by atoms with van der Waals surface area (Å²) in [4.78, 5) is 0. The van der Waals surface area contributed by atoms with Gasteiger partial charge in [0, 0.05) is 12.1 Å². The molecule has 0 saturated carbocycles. The lowest BCUT2D eigenvalue weighted by Gasteiger charge is -2.21. The molecule has 0 fully saturated rings. The maximum Gasteiger partial charge on any atom is 0.122 e. The van der Waals surface area contributed by atoms with Gasteiger partial charge in [0.05, 0.1) is 13.7 Å². The van der Waals surface area contributed by atoms with E-state index >= 15 is 0 Å². The van der Waals surface area contributed by atoms with E-state index in [0.29, 0.717) is 6.04 Å². The number of nitrogens with one attached hydrogen (secondary N) is 1. The third-order valence-electron chi connectivity index (χ3n) is 2.95. The summed E-state index contributed by atoms with van der Waals surface area (Å²) in [6.07, 6.45) is 1.84. The molecule has 0 bridgehead atoms. The van der Waals surface area contributed by atoms with E-state index < -0.39 is 0 Å².